The SMILES string of the molecule is COc1cc(C#N)ccc1C(Br)Br. The lowest BCUT2D eigenvalue weighted by atomic mass is 10.1. The highest BCUT2D eigenvalue weighted by molar-refractivity contribution is 9.24. The van der Waals surface area contributed by atoms with E-state index in [1.807, 2.05) is 6.07 Å². The van der Waals surface area contributed by atoms with Crippen LogP contribution in [-0.4, -0.2) is 7.11 Å². The zero-order valence-corrected chi connectivity index (χ0v) is 10.1. The number of benzene rings is 1. The average Bonchev–Trinajstić information content (AvgIpc) is 2.16. The largest absolute Gasteiger partial charge is 0.496 e. The van der Waals surface area contributed by atoms with Gasteiger partial charge in [-0.2, -0.15) is 5.26 Å². The molecule has 0 aliphatic rings. The number of rotatable bonds is 2. The maximum absolute atomic E-state index is 8.66. The molecule has 0 N–H and O–H groups in total. The fraction of sp³-hybridized carbons (Fsp3) is 0.222. The molecule has 1 aromatic rings. The van der Waals surface area contributed by atoms with Gasteiger partial charge in [0.1, 0.15) is 5.75 Å². The summed E-state index contributed by atoms with van der Waals surface area (Å²) < 4.78 is 5.18. The summed E-state index contributed by atoms with van der Waals surface area (Å²) >= 11 is 6.75. The third-order valence-electron chi connectivity index (χ3n) is 1.60. The topological polar surface area (TPSA) is 33.0 Å². The van der Waals surface area contributed by atoms with E-state index in [1.54, 1.807) is 19.2 Å². The van der Waals surface area contributed by atoms with Crippen molar-refractivity contribution in [2.24, 2.45) is 0 Å². The number of hydrogen-bond acceptors (Lipinski definition) is 2. The third-order valence-corrected chi connectivity index (χ3v) is 2.58. The molecule has 0 heterocycles. The molecule has 68 valence electrons. The summed E-state index contributed by atoms with van der Waals surface area (Å²) in [4.78, 5) is 0. The van der Waals surface area contributed by atoms with Crippen molar-refractivity contribution in [3.63, 3.8) is 0 Å². The van der Waals surface area contributed by atoms with Gasteiger partial charge in [0.25, 0.3) is 0 Å². The standard InChI is InChI=1S/C9H7Br2NO/c1-13-8-4-6(5-12)2-3-7(8)9(10)11/h2-4,9H,1H3. The van der Waals surface area contributed by atoms with Crippen LogP contribution in [0.2, 0.25) is 0 Å². The quantitative estimate of drug-likeness (QED) is 0.785. The van der Waals surface area contributed by atoms with Gasteiger partial charge < -0.3 is 4.74 Å². The zero-order valence-electron chi connectivity index (χ0n) is 6.92. The number of nitrogens with zero attached hydrogens (tertiary/aromatic N) is 1. The minimum Gasteiger partial charge on any atom is -0.496 e. The van der Waals surface area contributed by atoms with E-state index in [2.05, 4.69) is 37.9 Å². The van der Waals surface area contributed by atoms with Crippen molar-refractivity contribution in [2.45, 2.75) is 3.74 Å². The first-order valence-corrected chi connectivity index (χ1v) is 5.38. The summed E-state index contributed by atoms with van der Waals surface area (Å²) in [5.41, 5.74) is 1.57. The first kappa shape index (κ1) is 10.6. The molecule has 0 aliphatic carbocycles. The van der Waals surface area contributed by atoms with Crippen LogP contribution >= 0.6 is 31.9 Å². The highest BCUT2D eigenvalue weighted by Gasteiger charge is 2.09. The van der Waals surface area contributed by atoms with Crippen molar-refractivity contribution in [2.75, 3.05) is 7.11 Å². The average molecular weight is 305 g/mol. The number of hydrogen-bond donors (Lipinski definition) is 0. The third kappa shape index (κ3) is 2.45. The van der Waals surface area contributed by atoms with Gasteiger partial charge in [-0.05, 0) is 12.1 Å². The van der Waals surface area contributed by atoms with E-state index in [0.717, 1.165) is 5.56 Å². The van der Waals surface area contributed by atoms with Crippen molar-refractivity contribution >= 4 is 31.9 Å². The normalized spacial score (nSPS) is 9.77. The number of alkyl halides is 2. The lowest BCUT2D eigenvalue weighted by Crippen LogP contribution is -1.91. The molecule has 0 amide bonds. The molecule has 2 nitrogen and oxygen atoms in total. The number of nitriles is 1. The van der Waals surface area contributed by atoms with Crippen molar-refractivity contribution in [3.05, 3.63) is 29.3 Å². The van der Waals surface area contributed by atoms with Crippen molar-refractivity contribution in [1.29, 1.82) is 5.26 Å². The molecule has 1 rings (SSSR count). The Morgan fingerprint density at radius 3 is 2.62 bits per heavy atom. The second-order valence-electron chi connectivity index (χ2n) is 2.37. The maximum Gasteiger partial charge on any atom is 0.125 e. The predicted molar refractivity (Wildman–Crippen MR) is 58.3 cm³/mol. The Hall–Kier alpha value is -0.530. The second-order valence-corrected chi connectivity index (χ2v) is 5.43. The van der Waals surface area contributed by atoms with Gasteiger partial charge in [-0.15, -0.1) is 0 Å². The smallest absolute Gasteiger partial charge is 0.125 e. The van der Waals surface area contributed by atoms with Crippen LogP contribution in [0.4, 0.5) is 0 Å². The molecule has 13 heavy (non-hydrogen) atoms. The fourth-order valence-electron chi connectivity index (χ4n) is 0.961. The van der Waals surface area contributed by atoms with E-state index in [4.69, 9.17) is 10.00 Å². The van der Waals surface area contributed by atoms with Gasteiger partial charge in [-0.3, -0.25) is 0 Å². The molecule has 0 radical (unpaired) electrons. The lowest BCUT2D eigenvalue weighted by molar-refractivity contribution is 0.411. The molecular formula is C9H7Br2NO. The molecule has 0 saturated heterocycles. The predicted octanol–water partition coefficient (Wildman–Crippen LogP) is 3.36. The van der Waals surface area contributed by atoms with Gasteiger partial charge in [0.05, 0.1) is 22.5 Å². The fourth-order valence-corrected chi connectivity index (χ4v) is 1.72. The first-order valence-electron chi connectivity index (χ1n) is 3.55. The molecule has 0 bridgehead atoms. The number of ether oxygens (including phenoxy) is 1. The van der Waals surface area contributed by atoms with Gasteiger partial charge >= 0.3 is 0 Å². The molecule has 0 spiro atoms. The molecule has 0 atom stereocenters. The summed E-state index contributed by atoms with van der Waals surface area (Å²) in [5, 5.41) is 8.66. The van der Waals surface area contributed by atoms with Crippen LogP contribution in [0, 0.1) is 11.3 Å². The maximum atomic E-state index is 8.66. The highest BCUT2D eigenvalue weighted by Crippen LogP contribution is 2.35. The minimum absolute atomic E-state index is 0.0442. The molecule has 4 heteroatoms. The number of methoxy groups -OCH3 is 1. The van der Waals surface area contributed by atoms with Crippen LogP contribution in [0.3, 0.4) is 0 Å². The van der Waals surface area contributed by atoms with E-state index in [1.165, 1.54) is 0 Å². The Bertz CT molecular complexity index is 344. The van der Waals surface area contributed by atoms with Crippen LogP contribution in [0.15, 0.2) is 18.2 Å². The van der Waals surface area contributed by atoms with E-state index in [-0.39, 0.29) is 3.74 Å². The number of halogens is 2. The van der Waals surface area contributed by atoms with E-state index in [9.17, 15) is 0 Å². The Balaban J connectivity index is 3.17. The molecule has 0 aliphatic heterocycles. The van der Waals surface area contributed by atoms with Crippen LogP contribution in [0.1, 0.15) is 14.9 Å². The van der Waals surface area contributed by atoms with Crippen molar-refractivity contribution in [1.82, 2.24) is 0 Å². The molecule has 0 fully saturated rings. The van der Waals surface area contributed by atoms with Crippen LogP contribution < -0.4 is 4.74 Å². The molecular weight excluding hydrogens is 298 g/mol. The monoisotopic (exact) mass is 303 g/mol. The summed E-state index contributed by atoms with van der Waals surface area (Å²) in [6, 6.07) is 7.38. The highest BCUT2D eigenvalue weighted by atomic mass is 79.9. The van der Waals surface area contributed by atoms with E-state index >= 15 is 0 Å². The summed E-state index contributed by atoms with van der Waals surface area (Å²) in [5.74, 6) is 0.706. The van der Waals surface area contributed by atoms with E-state index < -0.39 is 0 Å². The molecule has 0 unspecified atom stereocenters. The Kier molecular flexibility index (Phi) is 3.76. The Morgan fingerprint density at radius 1 is 1.46 bits per heavy atom. The second kappa shape index (κ2) is 4.64. The van der Waals surface area contributed by atoms with Crippen molar-refractivity contribution in [3.8, 4) is 11.8 Å². The van der Waals surface area contributed by atoms with Gasteiger partial charge in [0.2, 0.25) is 0 Å². The van der Waals surface area contributed by atoms with Crippen LogP contribution in [0.5, 0.6) is 5.75 Å². The summed E-state index contributed by atoms with van der Waals surface area (Å²) in [6.45, 7) is 0. The van der Waals surface area contributed by atoms with Crippen molar-refractivity contribution < 1.29 is 4.74 Å². The van der Waals surface area contributed by atoms with Gasteiger partial charge in [0.15, 0.2) is 0 Å². The van der Waals surface area contributed by atoms with Crippen LogP contribution in [0.25, 0.3) is 0 Å². The minimum atomic E-state index is 0.0442. The molecule has 0 aromatic heterocycles. The molecule has 1 aromatic carbocycles. The Morgan fingerprint density at radius 2 is 2.15 bits per heavy atom. The van der Waals surface area contributed by atoms with Gasteiger partial charge in [-0.25, -0.2) is 0 Å². The lowest BCUT2D eigenvalue weighted by Gasteiger charge is -2.08. The van der Waals surface area contributed by atoms with Gasteiger partial charge in [-0.1, -0.05) is 37.9 Å². The summed E-state index contributed by atoms with van der Waals surface area (Å²) in [6.07, 6.45) is 0. The zero-order chi connectivity index (χ0) is 9.84. The van der Waals surface area contributed by atoms with E-state index in [0.29, 0.717) is 11.3 Å². The first-order chi connectivity index (χ1) is 6.19. The van der Waals surface area contributed by atoms with Crippen LogP contribution in [-0.2, 0) is 0 Å². The molecule has 0 saturated carbocycles. The Labute approximate surface area is 93.8 Å². The van der Waals surface area contributed by atoms with Gasteiger partial charge in [0, 0.05) is 5.56 Å². The summed E-state index contributed by atoms with van der Waals surface area (Å²) in [7, 11) is 1.59.